The number of pyridine rings is 1. The van der Waals surface area contributed by atoms with Crippen LogP contribution in [0.2, 0.25) is 5.15 Å². The van der Waals surface area contributed by atoms with E-state index >= 15 is 0 Å². The number of nitriles is 1. The highest BCUT2D eigenvalue weighted by atomic mass is 35.5. The molecule has 2 aromatic rings. The monoisotopic (exact) mass is 288 g/mol. The molecular formula is C14H9ClN2O3. The van der Waals surface area contributed by atoms with Crippen LogP contribution in [0.3, 0.4) is 0 Å². The summed E-state index contributed by atoms with van der Waals surface area (Å²) in [4.78, 5) is 15.2. The number of halogens is 1. The number of carbonyl (C=O) groups is 1. The Morgan fingerprint density at radius 2 is 2.15 bits per heavy atom. The zero-order valence-corrected chi connectivity index (χ0v) is 11.2. The lowest BCUT2D eigenvalue weighted by molar-refractivity contribution is 0.0697. The van der Waals surface area contributed by atoms with Crippen LogP contribution in [-0.2, 0) is 0 Å². The molecule has 1 N–H and O–H groups in total. The Morgan fingerprint density at radius 1 is 1.40 bits per heavy atom. The molecule has 2 rings (SSSR count). The van der Waals surface area contributed by atoms with E-state index in [1.165, 1.54) is 37.6 Å². The highest BCUT2D eigenvalue weighted by molar-refractivity contribution is 6.29. The Morgan fingerprint density at radius 3 is 2.75 bits per heavy atom. The molecule has 1 heterocycles. The van der Waals surface area contributed by atoms with Crippen molar-refractivity contribution in [3.63, 3.8) is 0 Å². The van der Waals surface area contributed by atoms with Gasteiger partial charge >= 0.3 is 5.97 Å². The second kappa shape index (κ2) is 5.59. The van der Waals surface area contributed by atoms with Crippen molar-refractivity contribution in [3.05, 3.63) is 46.7 Å². The topological polar surface area (TPSA) is 83.2 Å². The molecule has 1 aromatic heterocycles. The van der Waals surface area contributed by atoms with Gasteiger partial charge in [-0.05, 0) is 24.3 Å². The number of aromatic carboxylic acids is 1. The summed E-state index contributed by atoms with van der Waals surface area (Å²) in [6.45, 7) is 0. The molecule has 1 aromatic carbocycles. The molecule has 0 radical (unpaired) electrons. The molecule has 0 saturated carbocycles. The van der Waals surface area contributed by atoms with Crippen molar-refractivity contribution in [1.82, 2.24) is 4.98 Å². The molecule has 0 aliphatic carbocycles. The van der Waals surface area contributed by atoms with Gasteiger partial charge < -0.3 is 9.84 Å². The predicted molar refractivity (Wildman–Crippen MR) is 72.9 cm³/mol. The molecule has 0 fully saturated rings. The first kappa shape index (κ1) is 13.8. The van der Waals surface area contributed by atoms with Gasteiger partial charge in [-0.1, -0.05) is 11.6 Å². The minimum Gasteiger partial charge on any atom is -0.494 e. The van der Waals surface area contributed by atoms with Crippen molar-refractivity contribution in [2.75, 3.05) is 7.11 Å². The molecule has 5 nitrogen and oxygen atoms in total. The van der Waals surface area contributed by atoms with E-state index in [1.54, 1.807) is 0 Å². The number of carboxylic acids is 1. The number of hydrogen-bond acceptors (Lipinski definition) is 4. The average molecular weight is 289 g/mol. The van der Waals surface area contributed by atoms with E-state index in [4.69, 9.17) is 21.6 Å². The summed E-state index contributed by atoms with van der Waals surface area (Å²) in [6, 6.07) is 7.79. The molecule has 100 valence electrons. The summed E-state index contributed by atoms with van der Waals surface area (Å²) in [6.07, 6.45) is 1.41. The molecule has 0 aliphatic rings. The van der Waals surface area contributed by atoms with Crippen LogP contribution in [-0.4, -0.2) is 23.2 Å². The maximum atomic E-state index is 11.3. The van der Waals surface area contributed by atoms with Gasteiger partial charge in [-0.3, -0.25) is 0 Å². The van der Waals surface area contributed by atoms with Gasteiger partial charge in [0.05, 0.1) is 30.5 Å². The van der Waals surface area contributed by atoms with Crippen LogP contribution in [0.25, 0.3) is 11.1 Å². The van der Waals surface area contributed by atoms with Gasteiger partial charge in [-0.2, -0.15) is 5.26 Å². The largest absolute Gasteiger partial charge is 0.494 e. The van der Waals surface area contributed by atoms with Gasteiger partial charge in [0.25, 0.3) is 0 Å². The molecule has 0 amide bonds. The minimum absolute atomic E-state index is 0.0598. The first-order valence-corrected chi connectivity index (χ1v) is 5.92. The van der Waals surface area contributed by atoms with Gasteiger partial charge in [-0.25, -0.2) is 9.78 Å². The lowest BCUT2D eigenvalue weighted by Gasteiger charge is -2.11. The van der Waals surface area contributed by atoms with Gasteiger partial charge in [0.15, 0.2) is 0 Å². The molecule has 20 heavy (non-hydrogen) atoms. The smallest absolute Gasteiger partial charge is 0.336 e. The van der Waals surface area contributed by atoms with Gasteiger partial charge in [0.2, 0.25) is 0 Å². The van der Waals surface area contributed by atoms with Crippen molar-refractivity contribution in [2.45, 2.75) is 0 Å². The van der Waals surface area contributed by atoms with E-state index in [-0.39, 0.29) is 10.7 Å². The lowest BCUT2D eigenvalue weighted by Crippen LogP contribution is -2.01. The lowest BCUT2D eigenvalue weighted by atomic mass is 9.97. The second-order valence-electron chi connectivity index (χ2n) is 3.88. The molecule has 0 aliphatic heterocycles. The molecule has 0 bridgehead atoms. The standard InChI is InChI=1S/C14H9ClN2O3/c1-20-12-7-17-13(15)5-11(12)10-4-8(6-16)2-3-9(10)14(18)19/h2-5,7H,1H3,(H,18,19). The zero-order valence-electron chi connectivity index (χ0n) is 10.4. The van der Waals surface area contributed by atoms with E-state index in [9.17, 15) is 9.90 Å². The molecular weight excluding hydrogens is 280 g/mol. The van der Waals surface area contributed by atoms with Crippen LogP contribution in [0.15, 0.2) is 30.5 Å². The van der Waals surface area contributed by atoms with E-state index in [2.05, 4.69) is 4.98 Å². The molecule has 0 unspecified atom stereocenters. The van der Waals surface area contributed by atoms with Gasteiger partial charge in [0, 0.05) is 11.1 Å². The third-order valence-electron chi connectivity index (χ3n) is 2.72. The Balaban J connectivity index is 2.76. The van der Waals surface area contributed by atoms with Crippen molar-refractivity contribution >= 4 is 17.6 Å². The number of benzene rings is 1. The van der Waals surface area contributed by atoms with E-state index < -0.39 is 5.97 Å². The minimum atomic E-state index is -1.10. The average Bonchev–Trinajstić information content (AvgIpc) is 2.46. The summed E-state index contributed by atoms with van der Waals surface area (Å²) in [5.41, 5.74) is 1.24. The van der Waals surface area contributed by atoms with E-state index in [1.807, 2.05) is 6.07 Å². The quantitative estimate of drug-likeness (QED) is 0.878. The number of carboxylic acid groups (broad SMARTS) is 1. The molecule has 6 heteroatoms. The fraction of sp³-hybridized carbons (Fsp3) is 0.0714. The summed E-state index contributed by atoms with van der Waals surface area (Å²) in [5.74, 6) is -0.716. The summed E-state index contributed by atoms with van der Waals surface area (Å²) in [5, 5.41) is 18.4. The SMILES string of the molecule is COc1cnc(Cl)cc1-c1cc(C#N)ccc1C(=O)O. The van der Waals surface area contributed by atoms with Crippen LogP contribution in [0, 0.1) is 11.3 Å². The maximum Gasteiger partial charge on any atom is 0.336 e. The van der Waals surface area contributed by atoms with Crippen LogP contribution in [0.4, 0.5) is 0 Å². The van der Waals surface area contributed by atoms with Gasteiger partial charge in [-0.15, -0.1) is 0 Å². The van der Waals surface area contributed by atoms with Crippen LogP contribution < -0.4 is 4.74 Å². The highest BCUT2D eigenvalue weighted by Crippen LogP contribution is 2.34. The van der Waals surface area contributed by atoms with Crippen molar-refractivity contribution in [3.8, 4) is 22.9 Å². The third-order valence-corrected chi connectivity index (χ3v) is 2.93. The number of nitrogens with zero attached hydrogens (tertiary/aromatic N) is 2. The highest BCUT2D eigenvalue weighted by Gasteiger charge is 2.16. The Hall–Kier alpha value is -2.58. The predicted octanol–water partition coefficient (Wildman–Crippen LogP) is 2.98. The van der Waals surface area contributed by atoms with Crippen LogP contribution >= 0.6 is 11.6 Å². The normalized spacial score (nSPS) is 9.85. The zero-order chi connectivity index (χ0) is 14.7. The number of ether oxygens (including phenoxy) is 1. The molecule has 0 atom stereocenters. The van der Waals surface area contributed by atoms with E-state index in [0.717, 1.165) is 0 Å². The van der Waals surface area contributed by atoms with Crippen LogP contribution in [0.5, 0.6) is 5.75 Å². The van der Waals surface area contributed by atoms with E-state index in [0.29, 0.717) is 22.4 Å². The Bertz CT molecular complexity index is 723. The van der Waals surface area contributed by atoms with Crippen molar-refractivity contribution < 1.29 is 14.6 Å². The maximum absolute atomic E-state index is 11.3. The third kappa shape index (κ3) is 2.56. The molecule has 0 spiro atoms. The van der Waals surface area contributed by atoms with Gasteiger partial charge in [0.1, 0.15) is 10.9 Å². The Kier molecular flexibility index (Phi) is 3.87. The first-order chi connectivity index (χ1) is 9.56. The Labute approximate surface area is 120 Å². The van der Waals surface area contributed by atoms with Crippen molar-refractivity contribution in [2.24, 2.45) is 0 Å². The number of hydrogen-bond donors (Lipinski definition) is 1. The number of methoxy groups -OCH3 is 1. The second-order valence-corrected chi connectivity index (χ2v) is 4.27. The number of rotatable bonds is 3. The summed E-state index contributed by atoms with van der Waals surface area (Å²) >= 11 is 5.85. The van der Waals surface area contributed by atoms with Crippen molar-refractivity contribution in [1.29, 1.82) is 5.26 Å². The summed E-state index contributed by atoms with van der Waals surface area (Å²) < 4.78 is 5.17. The number of aromatic nitrogens is 1. The fourth-order valence-corrected chi connectivity index (χ4v) is 1.97. The van der Waals surface area contributed by atoms with Crippen LogP contribution in [0.1, 0.15) is 15.9 Å². The molecule has 0 saturated heterocycles. The first-order valence-electron chi connectivity index (χ1n) is 5.54. The fourth-order valence-electron chi connectivity index (χ4n) is 1.81. The summed E-state index contributed by atoms with van der Waals surface area (Å²) in [7, 11) is 1.45.